The number of rotatable bonds is 3. The first-order valence-electron chi connectivity index (χ1n) is 5.23. The Balaban J connectivity index is 2.05. The van der Waals surface area contributed by atoms with Crippen LogP contribution in [0, 0.1) is 5.82 Å². The fraction of sp³-hybridized carbons (Fsp3) is 0. The average molecular weight is 262 g/mol. The van der Waals surface area contributed by atoms with Gasteiger partial charge in [0.1, 0.15) is 5.82 Å². The predicted octanol–water partition coefficient (Wildman–Crippen LogP) is 3.12. The van der Waals surface area contributed by atoms with E-state index in [0.717, 1.165) is 4.88 Å². The highest BCUT2D eigenvalue weighted by atomic mass is 32.1. The van der Waals surface area contributed by atoms with E-state index in [9.17, 15) is 9.18 Å². The van der Waals surface area contributed by atoms with Crippen LogP contribution in [0.2, 0.25) is 0 Å². The molecular formula is C13H11FN2OS. The topological polar surface area (TPSA) is 55.1 Å². The number of benzene rings is 1. The molecule has 92 valence electrons. The van der Waals surface area contributed by atoms with Crippen LogP contribution in [0.4, 0.5) is 15.8 Å². The number of carbonyl (C=O) groups excluding carboxylic acids is 1. The number of anilines is 2. The third kappa shape index (κ3) is 3.18. The van der Waals surface area contributed by atoms with E-state index in [2.05, 4.69) is 5.32 Å². The van der Waals surface area contributed by atoms with Crippen molar-refractivity contribution in [2.45, 2.75) is 0 Å². The number of carbonyl (C=O) groups is 1. The van der Waals surface area contributed by atoms with Gasteiger partial charge in [-0.15, -0.1) is 11.3 Å². The van der Waals surface area contributed by atoms with Gasteiger partial charge in [-0.1, -0.05) is 6.07 Å². The van der Waals surface area contributed by atoms with Crippen molar-refractivity contribution in [2.24, 2.45) is 0 Å². The Bertz CT molecular complexity index is 579. The van der Waals surface area contributed by atoms with Crippen molar-refractivity contribution in [1.82, 2.24) is 0 Å². The molecule has 0 saturated carbocycles. The number of hydrogen-bond acceptors (Lipinski definition) is 3. The zero-order valence-electron chi connectivity index (χ0n) is 9.39. The molecule has 0 aliphatic heterocycles. The largest absolute Gasteiger partial charge is 0.397 e. The van der Waals surface area contributed by atoms with Gasteiger partial charge in [0.15, 0.2) is 0 Å². The molecule has 2 aromatic rings. The minimum absolute atomic E-state index is 0.274. The van der Waals surface area contributed by atoms with E-state index in [0.29, 0.717) is 5.69 Å². The Labute approximate surface area is 108 Å². The van der Waals surface area contributed by atoms with Gasteiger partial charge in [0, 0.05) is 11.0 Å². The molecule has 0 spiro atoms. The van der Waals surface area contributed by atoms with Crippen LogP contribution in [0.25, 0.3) is 6.08 Å². The van der Waals surface area contributed by atoms with E-state index in [1.807, 2.05) is 17.5 Å². The van der Waals surface area contributed by atoms with Gasteiger partial charge in [-0.2, -0.15) is 0 Å². The summed E-state index contributed by atoms with van der Waals surface area (Å²) in [5, 5.41) is 4.45. The summed E-state index contributed by atoms with van der Waals surface area (Å²) in [6.07, 6.45) is 3.08. The number of nitrogens with two attached hydrogens (primary N) is 1. The second-order valence-corrected chi connectivity index (χ2v) is 4.55. The highest BCUT2D eigenvalue weighted by Crippen LogP contribution is 2.19. The van der Waals surface area contributed by atoms with Gasteiger partial charge < -0.3 is 11.1 Å². The van der Waals surface area contributed by atoms with E-state index < -0.39 is 5.82 Å². The normalized spacial score (nSPS) is 10.7. The Morgan fingerprint density at radius 1 is 1.39 bits per heavy atom. The smallest absolute Gasteiger partial charge is 0.248 e. The summed E-state index contributed by atoms with van der Waals surface area (Å²) in [5.41, 5.74) is 6.23. The van der Waals surface area contributed by atoms with E-state index >= 15 is 0 Å². The standard InChI is InChI=1S/C13H11FN2OS/c14-9-3-5-11(15)12(8-9)16-13(17)6-4-10-2-1-7-18-10/h1-8H,15H2,(H,16,17)/b6-4+. The quantitative estimate of drug-likeness (QED) is 0.659. The van der Waals surface area contributed by atoms with Gasteiger partial charge in [0.2, 0.25) is 5.91 Å². The zero-order chi connectivity index (χ0) is 13.0. The van der Waals surface area contributed by atoms with Crippen LogP contribution >= 0.6 is 11.3 Å². The number of amides is 1. The van der Waals surface area contributed by atoms with Crippen LogP contribution in [0.5, 0.6) is 0 Å². The molecule has 1 amide bonds. The van der Waals surface area contributed by atoms with Crippen LogP contribution in [-0.4, -0.2) is 5.91 Å². The molecule has 0 radical (unpaired) electrons. The van der Waals surface area contributed by atoms with Crippen molar-refractivity contribution >= 4 is 34.7 Å². The number of nitrogens with one attached hydrogen (secondary N) is 1. The van der Waals surface area contributed by atoms with Crippen molar-refractivity contribution in [3.63, 3.8) is 0 Å². The maximum atomic E-state index is 13.0. The number of nitrogen functional groups attached to an aromatic ring is 1. The van der Waals surface area contributed by atoms with Gasteiger partial charge in [0.05, 0.1) is 11.4 Å². The third-order valence-electron chi connectivity index (χ3n) is 2.22. The SMILES string of the molecule is Nc1ccc(F)cc1NC(=O)/C=C/c1cccs1. The minimum Gasteiger partial charge on any atom is -0.397 e. The van der Waals surface area contributed by atoms with Crippen LogP contribution < -0.4 is 11.1 Å². The highest BCUT2D eigenvalue weighted by molar-refractivity contribution is 7.10. The Kier molecular flexibility index (Phi) is 3.74. The Morgan fingerprint density at radius 3 is 2.94 bits per heavy atom. The molecule has 0 aliphatic carbocycles. The summed E-state index contributed by atoms with van der Waals surface area (Å²) in [4.78, 5) is 12.6. The van der Waals surface area contributed by atoms with Crippen molar-refractivity contribution in [2.75, 3.05) is 11.1 Å². The molecule has 5 heteroatoms. The Morgan fingerprint density at radius 2 is 2.22 bits per heavy atom. The first-order chi connectivity index (χ1) is 8.65. The molecule has 0 saturated heterocycles. The van der Waals surface area contributed by atoms with E-state index in [4.69, 9.17) is 5.73 Å². The van der Waals surface area contributed by atoms with Gasteiger partial charge in [-0.25, -0.2) is 4.39 Å². The van der Waals surface area contributed by atoms with Crippen molar-refractivity contribution in [3.8, 4) is 0 Å². The molecule has 1 aromatic heterocycles. The number of halogens is 1. The molecule has 0 fully saturated rings. The van der Waals surface area contributed by atoms with Gasteiger partial charge >= 0.3 is 0 Å². The molecule has 3 N–H and O–H groups in total. The van der Waals surface area contributed by atoms with Crippen LogP contribution in [0.15, 0.2) is 41.8 Å². The second kappa shape index (κ2) is 5.46. The molecule has 0 unspecified atom stereocenters. The van der Waals surface area contributed by atoms with Crippen molar-refractivity contribution in [3.05, 3.63) is 52.5 Å². The molecule has 2 rings (SSSR count). The zero-order valence-corrected chi connectivity index (χ0v) is 10.2. The van der Waals surface area contributed by atoms with E-state index in [1.165, 1.54) is 35.6 Å². The van der Waals surface area contributed by atoms with Crippen LogP contribution in [-0.2, 0) is 4.79 Å². The summed E-state index contributed by atoms with van der Waals surface area (Å²) in [7, 11) is 0. The fourth-order valence-corrected chi connectivity index (χ4v) is 1.97. The number of thiophene rings is 1. The first-order valence-corrected chi connectivity index (χ1v) is 6.11. The molecule has 1 aromatic carbocycles. The molecule has 18 heavy (non-hydrogen) atoms. The van der Waals surface area contributed by atoms with Gasteiger partial charge in [-0.3, -0.25) is 4.79 Å². The van der Waals surface area contributed by atoms with E-state index in [1.54, 1.807) is 6.08 Å². The maximum Gasteiger partial charge on any atom is 0.248 e. The molecule has 0 aliphatic rings. The maximum absolute atomic E-state index is 13.0. The van der Waals surface area contributed by atoms with Crippen molar-refractivity contribution < 1.29 is 9.18 Å². The molecule has 0 bridgehead atoms. The number of hydrogen-bond donors (Lipinski definition) is 2. The van der Waals surface area contributed by atoms with Gasteiger partial charge in [-0.05, 0) is 35.7 Å². The van der Waals surface area contributed by atoms with Crippen LogP contribution in [0.3, 0.4) is 0 Å². The lowest BCUT2D eigenvalue weighted by atomic mass is 10.2. The monoisotopic (exact) mass is 262 g/mol. The lowest BCUT2D eigenvalue weighted by Crippen LogP contribution is -2.09. The second-order valence-electron chi connectivity index (χ2n) is 3.57. The Hall–Kier alpha value is -2.14. The summed E-state index contributed by atoms with van der Waals surface area (Å²) in [5.74, 6) is -0.789. The predicted molar refractivity (Wildman–Crippen MR) is 72.8 cm³/mol. The van der Waals surface area contributed by atoms with E-state index in [-0.39, 0.29) is 11.6 Å². The summed E-state index contributed by atoms with van der Waals surface area (Å²) >= 11 is 1.53. The van der Waals surface area contributed by atoms with Crippen LogP contribution in [0.1, 0.15) is 4.88 Å². The summed E-state index contributed by atoms with van der Waals surface area (Å²) < 4.78 is 13.0. The molecular weight excluding hydrogens is 251 g/mol. The van der Waals surface area contributed by atoms with Gasteiger partial charge in [0.25, 0.3) is 0 Å². The molecule has 3 nitrogen and oxygen atoms in total. The fourth-order valence-electron chi connectivity index (χ4n) is 1.36. The first kappa shape index (κ1) is 12.3. The van der Waals surface area contributed by atoms with Crippen molar-refractivity contribution in [1.29, 1.82) is 0 Å². The molecule has 0 atom stereocenters. The average Bonchev–Trinajstić information content (AvgIpc) is 2.84. The summed E-state index contributed by atoms with van der Waals surface area (Å²) in [6.45, 7) is 0. The molecule has 1 heterocycles. The third-order valence-corrected chi connectivity index (χ3v) is 3.05. The lowest BCUT2D eigenvalue weighted by molar-refractivity contribution is -0.111. The highest BCUT2D eigenvalue weighted by Gasteiger charge is 2.03. The lowest BCUT2D eigenvalue weighted by Gasteiger charge is -2.05. The summed E-state index contributed by atoms with van der Waals surface area (Å²) in [6, 6.07) is 7.63. The minimum atomic E-state index is -0.443.